The van der Waals surface area contributed by atoms with Crippen LogP contribution >= 0.6 is 0 Å². The van der Waals surface area contributed by atoms with Gasteiger partial charge >= 0.3 is 0 Å². The Morgan fingerprint density at radius 1 is 1.27 bits per heavy atom. The van der Waals surface area contributed by atoms with Gasteiger partial charge in [0, 0.05) is 11.1 Å². The molecule has 0 unspecified atom stereocenters. The zero-order valence-electron chi connectivity index (χ0n) is 8.57. The van der Waals surface area contributed by atoms with Crippen LogP contribution in [0.1, 0.15) is 31.2 Å². The highest BCUT2D eigenvalue weighted by atomic mass is 16.3. The van der Waals surface area contributed by atoms with E-state index in [0.717, 1.165) is 29.5 Å². The summed E-state index contributed by atoms with van der Waals surface area (Å²) in [6, 6.07) is 6.01. The highest BCUT2D eigenvalue weighted by Crippen LogP contribution is 2.38. The average Bonchev–Trinajstić information content (AvgIpc) is 2.85. The summed E-state index contributed by atoms with van der Waals surface area (Å²) in [6.07, 6.45) is 6.03. The SMILES string of the molecule is NC1(c2cccc3ocnc23)CCCC1. The molecule has 1 aromatic heterocycles. The number of aromatic nitrogens is 1. The molecule has 1 heterocycles. The van der Waals surface area contributed by atoms with Crippen molar-refractivity contribution in [1.29, 1.82) is 0 Å². The van der Waals surface area contributed by atoms with Crippen LogP contribution in [-0.4, -0.2) is 4.98 Å². The zero-order chi connectivity index (χ0) is 10.3. The Labute approximate surface area is 88.3 Å². The number of para-hydroxylation sites is 1. The first-order chi connectivity index (χ1) is 7.30. The minimum absolute atomic E-state index is 0.184. The molecule has 1 aliphatic carbocycles. The number of nitrogens with zero attached hydrogens (tertiary/aromatic N) is 1. The quantitative estimate of drug-likeness (QED) is 0.773. The molecule has 0 bridgehead atoms. The lowest BCUT2D eigenvalue weighted by Gasteiger charge is -2.24. The van der Waals surface area contributed by atoms with Crippen LogP contribution in [-0.2, 0) is 5.54 Å². The van der Waals surface area contributed by atoms with Crippen LogP contribution in [0.5, 0.6) is 0 Å². The van der Waals surface area contributed by atoms with E-state index in [1.807, 2.05) is 12.1 Å². The van der Waals surface area contributed by atoms with Gasteiger partial charge in [0.05, 0.1) is 0 Å². The third-order valence-electron chi connectivity index (χ3n) is 3.39. The molecule has 1 aliphatic rings. The normalized spacial score (nSPS) is 19.8. The van der Waals surface area contributed by atoms with Crippen molar-refractivity contribution in [3.8, 4) is 0 Å². The minimum atomic E-state index is -0.184. The molecule has 0 aliphatic heterocycles. The standard InChI is InChI=1S/C12H14N2O/c13-12(6-1-2-7-12)9-4-3-5-10-11(9)14-8-15-10/h3-5,8H,1-2,6-7,13H2. The molecule has 2 N–H and O–H groups in total. The highest BCUT2D eigenvalue weighted by Gasteiger charge is 2.33. The van der Waals surface area contributed by atoms with Crippen molar-refractivity contribution in [2.45, 2.75) is 31.2 Å². The van der Waals surface area contributed by atoms with Gasteiger partial charge in [-0.1, -0.05) is 25.0 Å². The Kier molecular flexibility index (Phi) is 1.83. The molecule has 3 nitrogen and oxygen atoms in total. The molecule has 1 fully saturated rings. The van der Waals surface area contributed by atoms with Crippen molar-refractivity contribution >= 4 is 11.1 Å². The van der Waals surface area contributed by atoms with Gasteiger partial charge in [-0.15, -0.1) is 0 Å². The molecule has 0 spiro atoms. The number of fused-ring (bicyclic) bond motifs is 1. The Bertz CT molecular complexity index is 483. The second-order valence-corrected chi connectivity index (χ2v) is 4.37. The maximum Gasteiger partial charge on any atom is 0.181 e. The number of oxazole rings is 1. The molecule has 2 aromatic rings. The lowest BCUT2D eigenvalue weighted by Crippen LogP contribution is -2.33. The molecular weight excluding hydrogens is 188 g/mol. The van der Waals surface area contributed by atoms with Gasteiger partial charge in [0.2, 0.25) is 0 Å². The van der Waals surface area contributed by atoms with E-state index in [1.54, 1.807) is 0 Å². The van der Waals surface area contributed by atoms with E-state index in [2.05, 4.69) is 11.1 Å². The summed E-state index contributed by atoms with van der Waals surface area (Å²) >= 11 is 0. The Morgan fingerprint density at radius 2 is 2.07 bits per heavy atom. The third kappa shape index (κ3) is 1.27. The fourth-order valence-electron chi connectivity index (χ4n) is 2.56. The van der Waals surface area contributed by atoms with E-state index in [1.165, 1.54) is 19.2 Å². The first-order valence-electron chi connectivity index (χ1n) is 5.41. The van der Waals surface area contributed by atoms with Gasteiger partial charge in [0.15, 0.2) is 12.0 Å². The molecule has 0 amide bonds. The van der Waals surface area contributed by atoms with Gasteiger partial charge < -0.3 is 10.2 Å². The van der Waals surface area contributed by atoms with Crippen LogP contribution in [0.3, 0.4) is 0 Å². The Hall–Kier alpha value is -1.35. The maximum atomic E-state index is 6.42. The van der Waals surface area contributed by atoms with Crippen LogP contribution in [0.4, 0.5) is 0 Å². The number of benzene rings is 1. The Morgan fingerprint density at radius 3 is 2.87 bits per heavy atom. The third-order valence-corrected chi connectivity index (χ3v) is 3.39. The Balaban J connectivity index is 2.21. The minimum Gasteiger partial charge on any atom is -0.443 e. The zero-order valence-corrected chi connectivity index (χ0v) is 8.57. The van der Waals surface area contributed by atoms with Gasteiger partial charge in [-0.25, -0.2) is 4.98 Å². The van der Waals surface area contributed by atoms with Crippen molar-refractivity contribution < 1.29 is 4.42 Å². The largest absolute Gasteiger partial charge is 0.443 e. The molecule has 15 heavy (non-hydrogen) atoms. The molecule has 0 radical (unpaired) electrons. The van der Waals surface area contributed by atoms with E-state index < -0.39 is 0 Å². The van der Waals surface area contributed by atoms with Crippen molar-refractivity contribution in [3.63, 3.8) is 0 Å². The lowest BCUT2D eigenvalue weighted by atomic mass is 9.88. The summed E-state index contributed by atoms with van der Waals surface area (Å²) in [5.41, 5.74) is 9.15. The van der Waals surface area contributed by atoms with Crippen LogP contribution in [0.15, 0.2) is 29.0 Å². The van der Waals surface area contributed by atoms with E-state index in [4.69, 9.17) is 10.2 Å². The predicted molar refractivity (Wildman–Crippen MR) is 58.3 cm³/mol. The van der Waals surface area contributed by atoms with Gasteiger partial charge in [0.1, 0.15) is 5.52 Å². The summed E-state index contributed by atoms with van der Waals surface area (Å²) in [6.45, 7) is 0. The molecule has 1 saturated carbocycles. The number of nitrogens with two attached hydrogens (primary N) is 1. The summed E-state index contributed by atoms with van der Waals surface area (Å²) in [5, 5.41) is 0. The van der Waals surface area contributed by atoms with Gasteiger partial charge in [0.25, 0.3) is 0 Å². The topological polar surface area (TPSA) is 52.0 Å². The molecule has 1 aromatic carbocycles. The molecule has 0 atom stereocenters. The summed E-state index contributed by atoms with van der Waals surface area (Å²) in [5.74, 6) is 0. The van der Waals surface area contributed by atoms with Crippen LogP contribution in [0.2, 0.25) is 0 Å². The first kappa shape index (κ1) is 8.92. The predicted octanol–water partition coefficient (Wildman–Crippen LogP) is 2.56. The van der Waals surface area contributed by atoms with E-state index in [9.17, 15) is 0 Å². The van der Waals surface area contributed by atoms with Crippen molar-refractivity contribution in [2.75, 3.05) is 0 Å². The number of hydrogen-bond acceptors (Lipinski definition) is 3. The van der Waals surface area contributed by atoms with E-state index in [0.29, 0.717) is 0 Å². The molecular formula is C12H14N2O. The van der Waals surface area contributed by atoms with E-state index >= 15 is 0 Å². The average molecular weight is 202 g/mol. The van der Waals surface area contributed by atoms with Gasteiger partial charge in [-0.05, 0) is 18.9 Å². The van der Waals surface area contributed by atoms with Gasteiger partial charge in [-0.3, -0.25) is 0 Å². The second kappa shape index (κ2) is 3.07. The fraction of sp³-hybridized carbons (Fsp3) is 0.417. The van der Waals surface area contributed by atoms with Crippen LogP contribution in [0.25, 0.3) is 11.1 Å². The highest BCUT2D eigenvalue weighted by molar-refractivity contribution is 5.77. The molecule has 78 valence electrons. The molecule has 3 heteroatoms. The second-order valence-electron chi connectivity index (χ2n) is 4.37. The maximum absolute atomic E-state index is 6.42. The number of rotatable bonds is 1. The van der Waals surface area contributed by atoms with Gasteiger partial charge in [-0.2, -0.15) is 0 Å². The van der Waals surface area contributed by atoms with Crippen LogP contribution < -0.4 is 5.73 Å². The molecule has 0 saturated heterocycles. The van der Waals surface area contributed by atoms with Crippen LogP contribution in [0, 0.1) is 0 Å². The summed E-state index contributed by atoms with van der Waals surface area (Å²) in [7, 11) is 0. The first-order valence-corrected chi connectivity index (χ1v) is 5.41. The monoisotopic (exact) mass is 202 g/mol. The number of hydrogen-bond donors (Lipinski definition) is 1. The summed E-state index contributed by atoms with van der Waals surface area (Å²) < 4.78 is 5.30. The van der Waals surface area contributed by atoms with Crippen molar-refractivity contribution in [2.24, 2.45) is 5.73 Å². The summed E-state index contributed by atoms with van der Waals surface area (Å²) in [4.78, 5) is 4.26. The van der Waals surface area contributed by atoms with Crippen molar-refractivity contribution in [1.82, 2.24) is 4.98 Å². The van der Waals surface area contributed by atoms with E-state index in [-0.39, 0.29) is 5.54 Å². The molecule has 3 rings (SSSR count). The fourth-order valence-corrected chi connectivity index (χ4v) is 2.56. The van der Waals surface area contributed by atoms with Crippen molar-refractivity contribution in [3.05, 3.63) is 30.2 Å². The smallest absolute Gasteiger partial charge is 0.181 e. The lowest BCUT2D eigenvalue weighted by molar-refractivity contribution is 0.465.